The van der Waals surface area contributed by atoms with Crippen molar-refractivity contribution >= 4 is 15.9 Å². The molecule has 2 N–H and O–H groups in total. The van der Waals surface area contributed by atoms with E-state index in [2.05, 4.69) is 5.32 Å². The maximum absolute atomic E-state index is 13.4. The van der Waals surface area contributed by atoms with Gasteiger partial charge in [-0.05, 0) is 42.2 Å². The number of aliphatic hydroxyl groups is 1. The topological polar surface area (TPSA) is 86.7 Å². The first-order valence-electron chi connectivity index (χ1n) is 11.4. The number of benzene rings is 3. The quantitative estimate of drug-likeness (QED) is 0.438. The number of sulfonamides is 1. The molecule has 3 rings (SSSR count). The molecule has 3 aromatic rings. The molecule has 0 bridgehead atoms. The standard InChI is InChI=1S/C27H32N2O4S/c1-21(2)19-29(34(32,33)24-16-10-5-11-17-24)20-26(30)25(18-22-12-6-3-7-13-22)28-27(31)23-14-8-4-9-15-23/h3-17,21,25-26,30H,18-20H2,1-2H3,(H,28,31). The Kier molecular flexibility index (Phi) is 8.98. The highest BCUT2D eigenvalue weighted by Gasteiger charge is 2.31. The van der Waals surface area contributed by atoms with E-state index >= 15 is 0 Å². The van der Waals surface area contributed by atoms with Crippen molar-refractivity contribution in [1.29, 1.82) is 0 Å². The van der Waals surface area contributed by atoms with E-state index in [4.69, 9.17) is 0 Å². The number of hydrogen-bond donors (Lipinski definition) is 2. The molecule has 1 amide bonds. The number of carbonyl (C=O) groups excluding carboxylic acids is 1. The number of hydrogen-bond acceptors (Lipinski definition) is 4. The molecule has 3 aromatic carbocycles. The SMILES string of the molecule is CC(C)CN(CC(O)C(Cc1ccccc1)NC(=O)c1ccccc1)S(=O)(=O)c1ccccc1. The Balaban J connectivity index is 1.86. The molecule has 180 valence electrons. The lowest BCUT2D eigenvalue weighted by Crippen LogP contribution is -2.51. The van der Waals surface area contributed by atoms with Crippen molar-refractivity contribution in [2.24, 2.45) is 5.92 Å². The van der Waals surface area contributed by atoms with Crippen molar-refractivity contribution in [2.75, 3.05) is 13.1 Å². The zero-order valence-corrected chi connectivity index (χ0v) is 20.4. The van der Waals surface area contributed by atoms with Gasteiger partial charge in [0.05, 0.1) is 17.0 Å². The Morgan fingerprint density at radius 2 is 1.38 bits per heavy atom. The summed E-state index contributed by atoms with van der Waals surface area (Å²) in [5.74, 6) is -0.265. The minimum atomic E-state index is -3.82. The van der Waals surface area contributed by atoms with Crippen LogP contribution < -0.4 is 5.32 Å². The van der Waals surface area contributed by atoms with E-state index < -0.39 is 22.2 Å². The summed E-state index contributed by atoms with van der Waals surface area (Å²) in [5.41, 5.74) is 1.41. The van der Waals surface area contributed by atoms with Gasteiger partial charge in [-0.3, -0.25) is 4.79 Å². The number of aliphatic hydroxyl groups excluding tert-OH is 1. The fourth-order valence-electron chi connectivity index (χ4n) is 3.75. The number of amides is 1. The molecule has 0 aromatic heterocycles. The van der Waals surface area contributed by atoms with Gasteiger partial charge in [0.15, 0.2) is 0 Å². The Hall–Kier alpha value is -3.00. The molecule has 0 spiro atoms. The van der Waals surface area contributed by atoms with Gasteiger partial charge in [-0.1, -0.05) is 80.6 Å². The molecule has 0 saturated heterocycles. The molecule has 0 aliphatic rings. The molecule has 7 heteroatoms. The first kappa shape index (κ1) is 25.6. The van der Waals surface area contributed by atoms with E-state index in [-0.39, 0.29) is 29.8 Å². The highest BCUT2D eigenvalue weighted by molar-refractivity contribution is 7.89. The van der Waals surface area contributed by atoms with Crippen molar-refractivity contribution < 1.29 is 18.3 Å². The first-order chi connectivity index (χ1) is 16.3. The number of rotatable bonds is 11. The van der Waals surface area contributed by atoms with Gasteiger partial charge in [-0.2, -0.15) is 4.31 Å². The molecule has 0 heterocycles. The van der Waals surface area contributed by atoms with E-state index in [1.807, 2.05) is 50.2 Å². The molecule has 2 unspecified atom stereocenters. The molecule has 0 aliphatic carbocycles. The third kappa shape index (κ3) is 7.00. The highest BCUT2D eigenvalue weighted by Crippen LogP contribution is 2.19. The second kappa shape index (κ2) is 11.9. The van der Waals surface area contributed by atoms with Crippen LogP contribution in [0.1, 0.15) is 29.8 Å². The molecule has 0 radical (unpaired) electrons. The summed E-state index contributed by atoms with van der Waals surface area (Å²) in [6.07, 6.45) is -0.758. The third-order valence-electron chi connectivity index (χ3n) is 5.46. The van der Waals surface area contributed by atoms with Crippen molar-refractivity contribution in [3.63, 3.8) is 0 Å². The van der Waals surface area contributed by atoms with Gasteiger partial charge in [-0.15, -0.1) is 0 Å². The van der Waals surface area contributed by atoms with Gasteiger partial charge < -0.3 is 10.4 Å². The fraction of sp³-hybridized carbons (Fsp3) is 0.296. The lowest BCUT2D eigenvalue weighted by atomic mass is 10.00. The van der Waals surface area contributed by atoms with Crippen LogP contribution >= 0.6 is 0 Å². The van der Waals surface area contributed by atoms with Crippen LogP contribution in [0.3, 0.4) is 0 Å². The second-order valence-electron chi connectivity index (χ2n) is 8.73. The van der Waals surface area contributed by atoms with Gasteiger partial charge in [0.25, 0.3) is 5.91 Å². The average Bonchev–Trinajstić information content (AvgIpc) is 2.84. The lowest BCUT2D eigenvalue weighted by Gasteiger charge is -2.30. The van der Waals surface area contributed by atoms with Crippen molar-refractivity contribution in [1.82, 2.24) is 9.62 Å². The summed E-state index contributed by atoms with van der Waals surface area (Å²) in [6, 6.07) is 25.8. The zero-order chi connectivity index (χ0) is 24.6. The molecule has 0 saturated carbocycles. The second-order valence-corrected chi connectivity index (χ2v) is 10.7. The summed E-state index contributed by atoms with van der Waals surface area (Å²) in [6.45, 7) is 3.97. The highest BCUT2D eigenvalue weighted by atomic mass is 32.2. The largest absolute Gasteiger partial charge is 0.390 e. The van der Waals surface area contributed by atoms with Crippen LogP contribution in [-0.2, 0) is 16.4 Å². The Bertz CT molecular complexity index is 1140. The summed E-state index contributed by atoms with van der Waals surface area (Å²) in [5, 5.41) is 14.2. The number of carbonyl (C=O) groups is 1. The van der Waals surface area contributed by atoms with Crippen LogP contribution in [0.4, 0.5) is 0 Å². The maximum Gasteiger partial charge on any atom is 0.251 e. The number of nitrogens with one attached hydrogen (secondary N) is 1. The van der Waals surface area contributed by atoms with E-state index in [9.17, 15) is 18.3 Å². The van der Waals surface area contributed by atoms with Crippen LogP contribution in [0.5, 0.6) is 0 Å². The summed E-state index contributed by atoms with van der Waals surface area (Å²) in [4.78, 5) is 13.1. The normalized spacial score (nSPS) is 13.6. The van der Waals surface area contributed by atoms with E-state index in [1.165, 1.54) is 4.31 Å². The zero-order valence-electron chi connectivity index (χ0n) is 19.5. The number of nitrogens with zero attached hydrogens (tertiary/aromatic N) is 1. The minimum Gasteiger partial charge on any atom is -0.390 e. The fourth-order valence-corrected chi connectivity index (χ4v) is 5.39. The van der Waals surface area contributed by atoms with Crippen LogP contribution in [-0.4, -0.2) is 49.0 Å². The molecular weight excluding hydrogens is 448 g/mol. The van der Waals surface area contributed by atoms with Crippen LogP contribution in [0.15, 0.2) is 95.9 Å². The minimum absolute atomic E-state index is 0.0529. The molecule has 0 fully saturated rings. The Morgan fingerprint density at radius 1 is 0.853 bits per heavy atom. The summed E-state index contributed by atoms with van der Waals surface area (Å²) < 4.78 is 28.0. The molecule has 2 atom stereocenters. The van der Waals surface area contributed by atoms with Crippen LogP contribution in [0.2, 0.25) is 0 Å². The van der Waals surface area contributed by atoms with Gasteiger partial charge in [0, 0.05) is 18.7 Å². The van der Waals surface area contributed by atoms with Crippen molar-refractivity contribution in [3.8, 4) is 0 Å². The van der Waals surface area contributed by atoms with E-state index in [0.717, 1.165) is 5.56 Å². The molecule has 34 heavy (non-hydrogen) atoms. The van der Waals surface area contributed by atoms with E-state index in [1.54, 1.807) is 54.6 Å². The van der Waals surface area contributed by atoms with Crippen LogP contribution in [0.25, 0.3) is 0 Å². The molecule has 6 nitrogen and oxygen atoms in total. The van der Waals surface area contributed by atoms with Gasteiger partial charge in [0.2, 0.25) is 10.0 Å². The van der Waals surface area contributed by atoms with Crippen molar-refractivity contribution in [2.45, 2.75) is 37.3 Å². The molecule has 0 aliphatic heterocycles. The van der Waals surface area contributed by atoms with Gasteiger partial charge >= 0.3 is 0 Å². The Morgan fingerprint density at radius 3 is 1.94 bits per heavy atom. The van der Waals surface area contributed by atoms with Gasteiger partial charge in [0.1, 0.15) is 0 Å². The van der Waals surface area contributed by atoms with Crippen molar-refractivity contribution in [3.05, 3.63) is 102 Å². The lowest BCUT2D eigenvalue weighted by molar-refractivity contribution is 0.0776. The van der Waals surface area contributed by atoms with Crippen LogP contribution in [0, 0.1) is 5.92 Å². The molecular formula is C27H32N2O4S. The summed E-state index contributed by atoms with van der Waals surface area (Å²) in [7, 11) is -3.82. The van der Waals surface area contributed by atoms with Gasteiger partial charge in [-0.25, -0.2) is 8.42 Å². The van der Waals surface area contributed by atoms with E-state index in [0.29, 0.717) is 12.0 Å². The summed E-state index contributed by atoms with van der Waals surface area (Å²) >= 11 is 0. The first-order valence-corrected chi connectivity index (χ1v) is 12.8. The maximum atomic E-state index is 13.4. The third-order valence-corrected chi connectivity index (χ3v) is 7.30. The average molecular weight is 481 g/mol. The predicted molar refractivity (Wildman–Crippen MR) is 134 cm³/mol. The smallest absolute Gasteiger partial charge is 0.251 e. The Labute approximate surface area is 202 Å². The monoisotopic (exact) mass is 480 g/mol. The predicted octanol–water partition coefficient (Wildman–Crippen LogP) is 3.74.